The van der Waals surface area contributed by atoms with Gasteiger partial charge in [0.15, 0.2) is 0 Å². The van der Waals surface area contributed by atoms with E-state index in [-0.39, 0.29) is 0 Å². The first-order valence-corrected chi connectivity index (χ1v) is 7.00. The summed E-state index contributed by atoms with van der Waals surface area (Å²) in [6, 6.07) is 4.26. The number of rotatable bonds is 4. The summed E-state index contributed by atoms with van der Waals surface area (Å²) in [5.74, 6) is 0. The van der Waals surface area contributed by atoms with Crippen molar-refractivity contribution in [3.63, 3.8) is 0 Å². The lowest BCUT2D eigenvalue weighted by atomic mass is 10.1. The van der Waals surface area contributed by atoms with Crippen LogP contribution >= 0.6 is 0 Å². The Bertz CT molecular complexity index is 491. The van der Waals surface area contributed by atoms with Gasteiger partial charge in [-0.2, -0.15) is 21.6 Å². The molecule has 0 N–H and O–H groups in total. The van der Waals surface area contributed by atoms with Crippen molar-refractivity contribution >= 4 is 10.1 Å². The Balaban J connectivity index is 2.96. The zero-order chi connectivity index (χ0) is 14.0. The van der Waals surface area contributed by atoms with Crippen LogP contribution in [-0.4, -0.2) is 14.7 Å². The van der Waals surface area contributed by atoms with Crippen LogP contribution in [0.5, 0.6) is 0 Å². The molecule has 1 atom stereocenters. The lowest BCUT2D eigenvalue weighted by Crippen LogP contribution is -2.10. The highest BCUT2D eigenvalue weighted by atomic mass is 32.2. The molecule has 0 bridgehead atoms. The summed E-state index contributed by atoms with van der Waals surface area (Å²) in [6.07, 6.45) is -3.92. The van der Waals surface area contributed by atoms with Crippen molar-refractivity contribution in [3.8, 4) is 0 Å². The quantitative estimate of drug-likeness (QED) is 0.797. The zero-order valence-electron chi connectivity index (χ0n) is 9.86. The van der Waals surface area contributed by atoms with E-state index in [0.717, 1.165) is 18.4 Å². The molecule has 3 nitrogen and oxygen atoms in total. The standard InChI is InChI=1S/C11H13F3O3S/c1-3-10(17-18(2,15)16)8-4-6-9(7-5-8)11(12,13)14/h4-7,10H,3H2,1-2H3. The summed E-state index contributed by atoms with van der Waals surface area (Å²) in [5, 5.41) is 0. The lowest BCUT2D eigenvalue weighted by molar-refractivity contribution is -0.137. The van der Waals surface area contributed by atoms with Gasteiger partial charge >= 0.3 is 6.18 Å². The van der Waals surface area contributed by atoms with Crippen LogP contribution in [-0.2, 0) is 20.5 Å². The molecule has 0 aliphatic carbocycles. The number of halogens is 3. The molecule has 18 heavy (non-hydrogen) atoms. The third kappa shape index (κ3) is 4.30. The largest absolute Gasteiger partial charge is 0.416 e. The smallest absolute Gasteiger partial charge is 0.262 e. The normalized spacial score (nSPS) is 14.5. The van der Waals surface area contributed by atoms with Gasteiger partial charge in [-0.25, -0.2) is 0 Å². The Labute approximate surface area is 104 Å². The number of hydrogen-bond acceptors (Lipinski definition) is 3. The van der Waals surface area contributed by atoms with E-state index in [4.69, 9.17) is 4.18 Å². The molecule has 1 aromatic carbocycles. The van der Waals surface area contributed by atoms with E-state index >= 15 is 0 Å². The molecule has 1 unspecified atom stereocenters. The van der Waals surface area contributed by atoms with Crippen molar-refractivity contribution in [3.05, 3.63) is 35.4 Å². The number of benzene rings is 1. The van der Waals surface area contributed by atoms with E-state index in [1.165, 1.54) is 12.1 Å². The Morgan fingerprint density at radius 2 is 1.72 bits per heavy atom. The van der Waals surface area contributed by atoms with E-state index in [2.05, 4.69) is 0 Å². The van der Waals surface area contributed by atoms with E-state index in [1.807, 2.05) is 0 Å². The summed E-state index contributed by atoms with van der Waals surface area (Å²) < 4.78 is 63.8. The minimum Gasteiger partial charge on any atom is -0.262 e. The highest BCUT2D eigenvalue weighted by Gasteiger charge is 2.30. The first kappa shape index (κ1) is 15.0. The molecular weight excluding hydrogens is 269 g/mol. The average molecular weight is 282 g/mol. The van der Waals surface area contributed by atoms with Crippen LogP contribution in [0.25, 0.3) is 0 Å². The van der Waals surface area contributed by atoms with Crippen LogP contribution in [0.3, 0.4) is 0 Å². The lowest BCUT2D eigenvalue weighted by Gasteiger charge is -2.15. The minimum atomic E-state index is -4.40. The highest BCUT2D eigenvalue weighted by Crippen LogP contribution is 2.31. The Morgan fingerprint density at radius 3 is 2.06 bits per heavy atom. The second-order valence-electron chi connectivity index (χ2n) is 3.82. The molecule has 1 rings (SSSR count). The maximum absolute atomic E-state index is 12.3. The van der Waals surface area contributed by atoms with Crippen molar-refractivity contribution in [2.75, 3.05) is 6.26 Å². The van der Waals surface area contributed by atoms with Gasteiger partial charge in [0, 0.05) is 0 Å². The Morgan fingerprint density at radius 1 is 1.22 bits per heavy atom. The summed E-state index contributed by atoms with van der Waals surface area (Å²) >= 11 is 0. The van der Waals surface area contributed by atoms with Crippen LogP contribution in [0, 0.1) is 0 Å². The Hall–Kier alpha value is -1.08. The van der Waals surface area contributed by atoms with Crippen molar-refractivity contribution in [1.29, 1.82) is 0 Å². The third-order valence-corrected chi connectivity index (χ3v) is 2.85. The summed E-state index contributed by atoms with van der Waals surface area (Å²) in [4.78, 5) is 0. The molecule has 0 amide bonds. The van der Waals surface area contributed by atoms with Crippen molar-refractivity contribution in [2.24, 2.45) is 0 Å². The van der Waals surface area contributed by atoms with Crippen molar-refractivity contribution < 1.29 is 25.8 Å². The van der Waals surface area contributed by atoms with Crippen LogP contribution in [0.1, 0.15) is 30.6 Å². The second kappa shape index (κ2) is 5.27. The predicted octanol–water partition coefficient (Wildman–Crippen LogP) is 3.13. The zero-order valence-corrected chi connectivity index (χ0v) is 10.7. The fourth-order valence-corrected chi connectivity index (χ4v) is 2.13. The van der Waals surface area contributed by atoms with E-state index < -0.39 is 28.0 Å². The molecule has 102 valence electrons. The summed E-state index contributed by atoms with van der Waals surface area (Å²) in [7, 11) is -3.64. The maximum atomic E-state index is 12.3. The highest BCUT2D eigenvalue weighted by molar-refractivity contribution is 7.86. The van der Waals surface area contributed by atoms with Crippen LogP contribution in [0.15, 0.2) is 24.3 Å². The van der Waals surface area contributed by atoms with E-state index in [0.29, 0.717) is 12.0 Å². The summed E-state index contributed by atoms with van der Waals surface area (Å²) in [6.45, 7) is 1.69. The molecule has 0 spiro atoms. The van der Waals surface area contributed by atoms with Gasteiger partial charge in [-0.3, -0.25) is 4.18 Å². The molecule has 0 saturated carbocycles. The van der Waals surface area contributed by atoms with Gasteiger partial charge in [-0.15, -0.1) is 0 Å². The molecular formula is C11H13F3O3S. The first-order chi connectivity index (χ1) is 8.13. The van der Waals surface area contributed by atoms with Gasteiger partial charge in [0.1, 0.15) is 6.10 Å². The van der Waals surface area contributed by atoms with Gasteiger partial charge in [-0.1, -0.05) is 19.1 Å². The monoisotopic (exact) mass is 282 g/mol. The maximum Gasteiger partial charge on any atom is 0.416 e. The third-order valence-electron chi connectivity index (χ3n) is 2.27. The molecule has 0 aromatic heterocycles. The van der Waals surface area contributed by atoms with Gasteiger partial charge in [0.05, 0.1) is 11.8 Å². The van der Waals surface area contributed by atoms with Crippen LogP contribution in [0.2, 0.25) is 0 Å². The topological polar surface area (TPSA) is 43.4 Å². The molecule has 7 heteroatoms. The van der Waals surface area contributed by atoms with E-state index in [9.17, 15) is 21.6 Å². The molecule has 0 heterocycles. The molecule has 0 fully saturated rings. The summed E-state index contributed by atoms with van der Waals surface area (Å²) in [5.41, 5.74) is -0.378. The van der Waals surface area contributed by atoms with E-state index in [1.54, 1.807) is 6.92 Å². The van der Waals surface area contributed by atoms with Gasteiger partial charge in [0.25, 0.3) is 10.1 Å². The Kier molecular flexibility index (Phi) is 4.39. The molecule has 0 saturated heterocycles. The molecule has 0 aliphatic heterocycles. The average Bonchev–Trinajstić information content (AvgIpc) is 2.24. The van der Waals surface area contributed by atoms with Gasteiger partial charge < -0.3 is 0 Å². The fraction of sp³-hybridized carbons (Fsp3) is 0.455. The number of alkyl halides is 3. The molecule has 1 aromatic rings. The van der Waals surface area contributed by atoms with Crippen LogP contribution < -0.4 is 0 Å². The SMILES string of the molecule is CCC(OS(C)(=O)=O)c1ccc(C(F)(F)F)cc1. The fourth-order valence-electron chi connectivity index (χ4n) is 1.46. The predicted molar refractivity (Wildman–Crippen MR) is 60.4 cm³/mol. The van der Waals surface area contributed by atoms with Crippen molar-refractivity contribution in [1.82, 2.24) is 0 Å². The number of hydrogen-bond donors (Lipinski definition) is 0. The minimum absolute atomic E-state index is 0.346. The van der Waals surface area contributed by atoms with Gasteiger partial charge in [-0.05, 0) is 24.1 Å². The second-order valence-corrected chi connectivity index (χ2v) is 5.42. The molecule has 0 radical (unpaired) electrons. The molecule has 0 aliphatic rings. The first-order valence-electron chi connectivity index (χ1n) is 5.19. The van der Waals surface area contributed by atoms with Crippen molar-refractivity contribution in [2.45, 2.75) is 25.6 Å². The van der Waals surface area contributed by atoms with Crippen LogP contribution in [0.4, 0.5) is 13.2 Å². The van der Waals surface area contributed by atoms with Gasteiger partial charge in [0.2, 0.25) is 0 Å².